The highest BCUT2D eigenvalue weighted by Gasteiger charge is 2.27. The maximum atomic E-state index is 12.5. The second-order valence-corrected chi connectivity index (χ2v) is 9.18. The van der Waals surface area contributed by atoms with E-state index < -0.39 is 0 Å². The van der Waals surface area contributed by atoms with Crippen LogP contribution in [0.4, 0.5) is 28.8 Å². The van der Waals surface area contributed by atoms with E-state index in [9.17, 15) is 4.79 Å². The molecule has 1 aliphatic heterocycles. The summed E-state index contributed by atoms with van der Waals surface area (Å²) in [6.07, 6.45) is 3.20. The molecular weight excluding hydrogens is 464 g/mol. The Kier molecular flexibility index (Phi) is 6.93. The zero-order valence-corrected chi connectivity index (χ0v) is 21.2. The van der Waals surface area contributed by atoms with Gasteiger partial charge in [-0.15, -0.1) is 10.2 Å². The molecule has 0 radical (unpaired) electrons. The van der Waals surface area contributed by atoms with Gasteiger partial charge in [-0.1, -0.05) is 36.4 Å². The summed E-state index contributed by atoms with van der Waals surface area (Å²) >= 11 is 0. The van der Waals surface area contributed by atoms with Crippen molar-refractivity contribution in [2.75, 3.05) is 40.1 Å². The Morgan fingerprint density at radius 2 is 1.57 bits per heavy atom. The molecule has 3 heterocycles. The fraction of sp³-hybridized carbons (Fsp3) is 0.250. The third-order valence-electron chi connectivity index (χ3n) is 6.66. The molecule has 1 aliphatic rings. The quantitative estimate of drug-likeness (QED) is 0.401. The van der Waals surface area contributed by atoms with Gasteiger partial charge in [-0.25, -0.2) is 9.97 Å². The number of anilines is 5. The number of nitrogens with one attached hydrogen (secondary N) is 2. The first kappa shape index (κ1) is 24.2. The molecule has 9 heteroatoms. The third-order valence-corrected chi connectivity index (χ3v) is 6.66. The number of aromatic nitrogens is 4. The van der Waals surface area contributed by atoms with E-state index in [1.807, 2.05) is 60.7 Å². The first-order valence-electron chi connectivity index (χ1n) is 12.4. The van der Waals surface area contributed by atoms with Gasteiger partial charge in [0.2, 0.25) is 0 Å². The molecule has 4 aromatic rings. The Balaban J connectivity index is 1.24. The van der Waals surface area contributed by atoms with Crippen molar-refractivity contribution in [3.05, 3.63) is 89.9 Å². The molecule has 2 aromatic heterocycles. The summed E-state index contributed by atoms with van der Waals surface area (Å²) in [6.45, 7) is 8.64. The molecule has 2 N–H and O–H groups in total. The third kappa shape index (κ3) is 5.35. The van der Waals surface area contributed by atoms with E-state index >= 15 is 0 Å². The first-order chi connectivity index (χ1) is 18.0. The van der Waals surface area contributed by atoms with E-state index in [1.165, 1.54) is 6.20 Å². The lowest BCUT2D eigenvalue weighted by atomic mass is 10.1. The summed E-state index contributed by atoms with van der Waals surface area (Å²) in [5.41, 5.74) is 4.19. The van der Waals surface area contributed by atoms with Crippen LogP contribution < -0.4 is 20.4 Å². The van der Waals surface area contributed by atoms with Crippen LogP contribution in [0.1, 0.15) is 28.5 Å². The van der Waals surface area contributed by atoms with Crippen LogP contribution in [0.2, 0.25) is 0 Å². The minimum absolute atomic E-state index is 0.177. The fourth-order valence-electron chi connectivity index (χ4n) is 4.46. The van der Waals surface area contributed by atoms with E-state index in [-0.39, 0.29) is 17.6 Å². The van der Waals surface area contributed by atoms with Crippen LogP contribution in [0.5, 0.6) is 0 Å². The van der Waals surface area contributed by atoms with Gasteiger partial charge in [0.1, 0.15) is 11.5 Å². The number of piperazine rings is 1. The lowest BCUT2D eigenvalue weighted by molar-refractivity contribution is 0.102. The van der Waals surface area contributed by atoms with Crippen molar-refractivity contribution < 1.29 is 4.79 Å². The zero-order valence-electron chi connectivity index (χ0n) is 21.2. The number of benzene rings is 2. The molecular formula is C28H30N8O. The van der Waals surface area contributed by atoms with Gasteiger partial charge in [0, 0.05) is 48.2 Å². The lowest BCUT2D eigenvalue weighted by Gasteiger charge is -2.41. The van der Waals surface area contributed by atoms with E-state index in [0.717, 1.165) is 59.6 Å². The van der Waals surface area contributed by atoms with Crippen molar-refractivity contribution in [3.8, 4) is 0 Å². The maximum absolute atomic E-state index is 12.5. The molecule has 0 unspecified atom stereocenters. The van der Waals surface area contributed by atoms with Crippen LogP contribution in [-0.2, 0) is 0 Å². The highest BCUT2D eigenvalue weighted by molar-refractivity contribution is 6.02. The van der Waals surface area contributed by atoms with Gasteiger partial charge >= 0.3 is 0 Å². The molecule has 1 amide bonds. The Morgan fingerprint density at radius 3 is 2.22 bits per heavy atom. The number of rotatable bonds is 6. The maximum Gasteiger partial charge on any atom is 0.275 e. The zero-order chi connectivity index (χ0) is 25.8. The van der Waals surface area contributed by atoms with Crippen LogP contribution in [0.3, 0.4) is 0 Å². The summed E-state index contributed by atoms with van der Waals surface area (Å²) in [7, 11) is 0. The van der Waals surface area contributed by atoms with Crippen molar-refractivity contribution in [1.82, 2.24) is 20.2 Å². The molecule has 5 rings (SSSR count). The van der Waals surface area contributed by atoms with Gasteiger partial charge in [-0.2, -0.15) is 0 Å². The van der Waals surface area contributed by atoms with Crippen molar-refractivity contribution in [2.24, 2.45) is 0 Å². The summed E-state index contributed by atoms with van der Waals surface area (Å²) in [4.78, 5) is 25.9. The number of para-hydroxylation sites is 2. The topological polar surface area (TPSA) is 99.2 Å². The van der Waals surface area contributed by atoms with Crippen molar-refractivity contribution in [2.45, 2.75) is 26.8 Å². The fourth-order valence-corrected chi connectivity index (χ4v) is 4.46. The molecule has 0 aliphatic carbocycles. The predicted octanol–water partition coefficient (Wildman–Crippen LogP) is 4.59. The average Bonchev–Trinajstić information content (AvgIpc) is 2.93. The monoisotopic (exact) mass is 494 g/mol. The number of hydrogen-bond acceptors (Lipinski definition) is 8. The first-order valence-corrected chi connectivity index (χ1v) is 12.4. The molecule has 1 saturated heterocycles. The SMILES string of the molecule is Cc1c(Nc2ccccc2)nnc(N2CCN(c3cnc(C(=O)Nc4ccccc4)cn3)[C@H](C)C2)c1C. The summed E-state index contributed by atoms with van der Waals surface area (Å²) in [5.74, 6) is 2.15. The van der Waals surface area contributed by atoms with Crippen molar-refractivity contribution >= 4 is 34.7 Å². The molecule has 1 atom stereocenters. The Morgan fingerprint density at radius 1 is 0.865 bits per heavy atom. The van der Waals surface area contributed by atoms with E-state index in [2.05, 4.69) is 61.4 Å². The van der Waals surface area contributed by atoms with Gasteiger partial charge in [-0.05, 0) is 45.0 Å². The van der Waals surface area contributed by atoms with Crippen LogP contribution in [0.15, 0.2) is 73.1 Å². The molecule has 0 spiro atoms. The van der Waals surface area contributed by atoms with Gasteiger partial charge in [0.05, 0.1) is 12.4 Å². The standard InChI is InChI=1S/C28H30N8O/c1-19-18-35(27-21(3)20(2)26(33-34-27)31-22-10-6-4-7-11-22)14-15-36(19)25-17-29-24(16-30-25)28(37)32-23-12-8-5-9-13-23/h4-13,16-17,19H,14-15,18H2,1-3H3,(H,31,33)(H,32,37)/t19-/m1/s1. The minimum Gasteiger partial charge on any atom is -0.351 e. The Hall–Kier alpha value is -4.53. The van der Waals surface area contributed by atoms with Crippen molar-refractivity contribution in [1.29, 1.82) is 0 Å². The number of amides is 1. The van der Waals surface area contributed by atoms with Crippen LogP contribution >= 0.6 is 0 Å². The van der Waals surface area contributed by atoms with Gasteiger partial charge in [0.15, 0.2) is 11.6 Å². The molecule has 1 fully saturated rings. The second-order valence-electron chi connectivity index (χ2n) is 9.18. The molecule has 2 aromatic carbocycles. The van der Waals surface area contributed by atoms with E-state index in [4.69, 9.17) is 0 Å². The number of hydrogen-bond donors (Lipinski definition) is 2. The molecule has 0 bridgehead atoms. The minimum atomic E-state index is -0.280. The number of nitrogens with zero attached hydrogens (tertiary/aromatic N) is 6. The van der Waals surface area contributed by atoms with Crippen LogP contribution in [-0.4, -0.2) is 51.7 Å². The van der Waals surface area contributed by atoms with Crippen LogP contribution in [0, 0.1) is 13.8 Å². The smallest absolute Gasteiger partial charge is 0.275 e. The molecule has 0 saturated carbocycles. The van der Waals surface area contributed by atoms with Gasteiger partial charge in [0.25, 0.3) is 5.91 Å². The highest BCUT2D eigenvalue weighted by atomic mass is 16.1. The highest BCUT2D eigenvalue weighted by Crippen LogP contribution is 2.28. The average molecular weight is 495 g/mol. The van der Waals surface area contributed by atoms with Gasteiger partial charge < -0.3 is 20.4 Å². The number of carbonyl (C=O) groups excluding carboxylic acids is 1. The molecule has 9 nitrogen and oxygen atoms in total. The van der Waals surface area contributed by atoms with E-state index in [0.29, 0.717) is 0 Å². The Labute approximate surface area is 216 Å². The predicted molar refractivity (Wildman–Crippen MR) is 147 cm³/mol. The summed E-state index contributed by atoms with van der Waals surface area (Å²) < 4.78 is 0. The molecule has 37 heavy (non-hydrogen) atoms. The van der Waals surface area contributed by atoms with E-state index in [1.54, 1.807) is 6.20 Å². The second kappa shape index (κ2) is 10.6. The normalized spacial score (nSPS) is 15.4. The lowest BCUT2D eigenvalue weighted by Crippen LogP contribution is -2.53. The summed E-state index contributed by atoms with van der Waals surface area (Å²) in [6, 6.07) is 19.5. The van der Waals surface area contributed by atoms with Crippen molar-refractivity contribution in [3.63, 3.8) is 0 Å². The largest absolute Gasteiger partial charge is 0.351 e. The molecule has 188 valence electrons. The Bertz CT molecular complexity index is 1360. The summed E-state index contributed by atoms with van der Waals surface area (Å²) in [5, 5.41) is 15.3. The van der Waals surface area contributed by atoms with Gasteiger partial charge in [-0.3, -0.25) is 4.79 Å². The van der Waals surface area contributed by atoms with Crippen LogP contribution in [0.25, 0.3) is 0 Å². The number of carbonyl (C=O) groups is 1.